The SMILES string of the molecule is O=C(Nc1nc2ccc(Oc3ccccc3)cc2s1)c1ccc(Cn2cncn2)cc1. The molecule has 2 aromatic heterocycles. The van der Waals surface area contributed by atoms with Crippen molar-refractivity contribution in [1.82, 2.24) is 19.7 Å². The molecule has 3 aromatic carbocycles. The average Bonchev–Trinajstić information content (AvgIpc) is 3.44. The number of fused-ring (bicyclic) bond motifs is 1. The Bertz CT molecular complexity index is 1320. The maximum absolute atomic E-state index is 12.6. The van der Waals surface area contributed by atoms with E-state index >= 15 is 0 Å². The zero-order valence-electron chi connectivity index (χ0n) is 16.3. The van der Waals surface area contributed by atoms with Crippen LogP contribution < -0.4 is 10.1 Å². The maximum atomic E-state index is 12.6. The van der Waals surface area contributed by atoms with E-state index in [9.17, 15) is 4.79 Å². The standard InChI is InChI=1S/C23H17N5O2S/c29-22(17-8-6-16(7-9-17)13-28-15-24-14-25-28)27-23-26-20-11-10-19(12-21(20)31-23)30-18-4-2-1-3-5-18/h1-12,14-15H,13H2,(H,26,27,29). The number of hydrogen-bond donors (Lipinski definition) is 1. The summed E-state index contributed by atoms with van der Waals surface area (Å²) in [6.45, 7) is 0.604. The molecule has 0 aliphatic rings. The molecule has 0 bridgehead atoms. The summed E-state index contributed by atoms with van der Waals surface area (Å²) in [5, 5.41) is 7.51. The first kappa shape index (κ1) is 19.0. The van der Waals surface area contributed by atoms with Crippen molar-refractivity contribution in [1.29, 1.82) is 0 Å². The van der Waals surface area contributed by atoms with Crippen LogP contribution in [0.5, 0.6) is 11.5 Å². The number of ether oxygens (including phenoxy) is 1. The van der Waals surface area contributed by atoms with Crippen molar-refractivity contribution < 1.29 is 9.53 Å². The Labute approximate surface area is 182 Å². The minimum Gasteiger partial charge on any atom is -0.457 e. The Balaban J connectivity index is 1.27. The second kappa shape index (κ2) is 8.37. The minimum atomic E-state index is -0.202. The zero-order chi connectivity index (χ0) is 21.0. The first-order valence-electron chi connectivity index (χ1n) is 9.59. The molecule has 8 heteroatoms. The molecule has 152 valence electrons. The molecule has 0 spiro atoms. The Morgan fingerprint density at radius 1 is 1.00 bits per heavy atom. The molecule has 1 N–H and O–H groups in total. The van der Waals surface area contributed by atoms with Gasteiger partial charge in [0.25, 0.3) is 5.91 Å². The second-order valence-corrected chi connectivity index (χ2v) is 7.84. The van der Waals surface area contributed by atoms with Gasteiger partial charge in [0.2, 0.25) is 0 Å². The summed E-state index contributed by atoms with van der Waals surface area (Å²) < 4.78 is 8.54. The lowest BCUT2D eigenvalue weighted by Gasteiger charge is -2.04. The summed E-state index contributed by atoms with van der Waals surface area (Å²) in [5.41, 5.74) is 2.41. The van der Waals surface area contributed by atoms with E-state index in [-0.39, 0.29) is 5.91 Å². The Kier molecular flexibility index (Phi) is 5.12. The highest BCUT2D eigenvalue weighted by atomic mass is 32.1. The number of carbonyl (C=O) groups excluding carboxylic acids is 1. The topological polar surface area (TPSA) is 81.9 Å². The molecule has 0 aliphatic heterocycles. The van der Waals surface area contributed by atoms with Gasteiger partial charge in [-0.1, -0.05) is 41.7 Å². The van der Waals surface area contributed by atoms with Crippen molar-refractivity contribution in [2.75, 3.05) is 5.32 Å². The fraction of sp³-hybridized carbons (Fsp3) is 0.0435. The third-order valence-corrected chi connectivity index (χ3v) is 5.52. The van der Waals surface area contributed by atoms with Crippen molar-refractivity contribution in [2.24, 2.45) is 0 Å². The quantitative estimate of drug-likeness (QED) is 0.413. The highest BCUT2D eigenvalue weighted by Gasteiger charge is 2.11. The van der Waals surface area contributed by atoms with E-state index in [2.05, 4.69) is 20.4 Å². The molecule has 5 aromatic rings. The lowest BCUT2D eigenvalue weighted by molar-refractivity contribution is 0.102. The van der Waals surface area contributed by atoms with Gasteiger partial charge in [-0.3, -0.25) is 10.1 Å². The van der Waals surface area contributed by atoms with Crippen LogP contribution in [-0.4, -0.2) is 25.7 Å². The summed E-state index contributed by atoms with van der Waals surface area (Å²) in [6, 6.07) is 22.7. The van der Waals surface area contributed by atoms with Crippen molar-refractivity contribution in [3.8, 4) is 11.5 Å². The Morgan fingerprint density at radius 2 is 1.84 bits per heavy atom. The third kappa shape index (κ3) is 4.44. The van der Waals surface area contributed by atoms with Gasteiger partial charge >= 0.3 is 0 Å². The largest absolute Gasteiger partial charge is 0.457 e. The zero-order valence-corrected chi connectivity index (χ0v) is 17.1. The molecule has 0 saturated carbocycles. The van der Waals surface area contributed by atoms with Gasteiger partial charge in [0.15, 0.2) is 5.13 Å². The van der Waals surface area contributed by atoms with Crippen LogP contribution >= 0.6 is 11.3 Å². The van der Waals surface area contributed by atoms with Crippen molar-refractivity contribution in [3.05, 3.63) is 96.6 Å². The number of carbonyl (C=O) groups is 1. The number of nitrogens with one attached hydrogen (secondary N) is 1. The summed E-state index contributed by atoms with van der Waals surface area (Å²) in [7, 11) is 0. The summed E-state index contributed by atoms with van der Waals surface area (Å²) in [5.74, 6) is 1.29. The molecule has 0 atom stereocenters. The Morgan fingerprint density at radius 3 is 2.61 bits per heavy atom. The van der Waals surface area contributed by atoms with Gasteiger partial charge < -0.3 is 4.74 Å². The average molecular weight is 427 g/mol. The highest BCUT2D eigenvalue weighted by Crippen LogP contribution is 2.31. The fourth-order valence-corrected chi connectivity index (χ4v) is 3.97. The molecule has 5 rings (SSSR count). The number of para-hydroxylation sites is 1. The number of hydrogen-bond acceptors (Lipinski definition) is 6. The molecule has 0 aliphatic carbocycles. The van der Waals surface area contributed by atoms with E-state index in [0.29, 0.717) is 17.2 Å². The van der Waals surface area contributed by atoms with Gasteiger partial charge in [-0.25, -0.2) is 14.6 Å². The van der Waals surface area contributed by atoms with Gasteiger partial charge in [0.05, 0.1) is 16.8 Å². The smallest absolute Gasteiger partial charge is 0.257 e. The molecule has 0 saturated heterocycles. The van der Waals surface area contributed by atoms with Gasteiger partial charge in [-0.15, -0.1) is 0 Å². The number of aromatic nitrogens is 4. The molecular formula is C23H17N5O2S. The number of rotatable bonds is 6. The van der Waals surface area contributed by atoms with Crippen molar-refractivity contribution in [2.45, 2.75) is 6.54 Å². The van der Waals surface area contributed by atoms with E-state index in [1.54, 1.807) is 23.1 Å². The third-order valence-electron chi connectivity index (χ3n) is 4.59. The molecule has 7 nitrogen and oxygen atoms in total. The van der Waals surface area contributed by atoms with Crippen LogP contribution in [0.15, 0.2) is 85.5 Å². The summed E-state index contributed by atoms with van der Waals surface area (Å²) in [4.78, 5) is 21.1. The van der Waals surface area contributed by atoms with Crippen LogP contribution in [0.1, 0.15) is 15.9 Å². The van der Waals surface area contributed by atoms with E-state index in [4.69, 9.17) is 4.74 Å². The lowest BCUT2D eigenvalue weighted by atomic mass is 10.1. The fourth-order valence-electron chi connectivity index (χ4n) is 3.08. The predicted molar refractivity (Wildman–Crippen MR) is 120 cm³/mol. The van der Waals surface area contributed by atoms with Gasteiger partial charge in [-0.2, -0.15) is 5.10 Å². The van der Waals surface area contributed by atoms with E-state index < -0.39 is 0 Å². The first-order chi connectivity index (χ1) is 15.2. The monoisotopic (exact) mass is 427 g/mol. The van der Waals surface area contributed by atoms with Crippen LogP contribution in [0, 0.1) is 0 Å². The number of nitrogens with zero attached hydrogens (tertiary/aromatic N) is 4. The van der Waals surface area contributed by atoms with Gasteiger partial charge in [0, 0.05) is 11.6 Å². The molecule has 0 fully saturated rings. The first-order valence-corrected chi connectivity index (χ1v) is 10.4. The molecule has 0 unspecified atom stereocenters. The van der Waals surface area contributed by atoms with E-state index in [1.165, 1.54) is 17.7 Å². The molecule has 0 radical (unpaired) electrons. The van der Waals surface area contributed by atoms with Crippen LogP contribution in [0.3, 0.4) is 0 Å². The maximum Gasteiger partial charge on any atom is 0.257 e. The molecular weight excluding hydrogens is 410 g/mol. The van der Waals surface area contributed by atoms with Crippen LogP contribution in [-0.2, 0) is 6.54 Å². The highest BCUT2D eigenvalue weighted by molar-refractivity contribution is 7.22. The molecule has 1 amide bonds. The lowest BCUT2D eigenvalue weighted by Crippen LogP contribution is -2.11. The number of anilines is 1. The van der Waals surface area contributed by atoms with Gasteiger partial charge in [0.1, 0.15) is 24.2 Å². The van der Waals surface area contributed by atoms with Gasteiger partial charge in [-0.05, 0) is 42.0 Å². The molecule has 31 heavy (non-hydrogen) atoms. The number of benzene rings is 3. The number of amides is 1. The second-order valence-electron chi connectivity index (χ2n) is 6.81. The van der Waals surface area contributed by atoms with Crippen molar-refractivity contribution >= 4 is 32.6 Å². The summed E-state index contributed by atoms with van der Waals surface area (Å²) >= 11 is 1.41. The molecule has 2 heterocycles. The van der Waals surface area contributed by atoms with Crippen LogP contribution in [0.4, 0.5) is 5.13 Å². The van der Waals surface area contributed by atoms with Crippen LogP contribution in [0.2, 0.25) is 0 Å². The Hall–Kier alpha value is -4.04. The summed E-state index contributed by atoms with van der Waals surface area (Å²) in [6.07, 6.45) is 3.15. The minimum absolute atomic E-state index is 0.202. The van der Waals surface area contributed by atoms with E-state index in [0.717, 1.165) is 27.3 Å². The van der Waals surface area contributed by atoms with Crippen molar-refractivity contribution in [3.63, 3.8) is 0 Å². The normalized spacial score (nSPS) is 10.8. The number of thiazole rings is 1. The van der Waals surface area contributed by atoms with Crippen LogP contribution in [0.25, 0.3) is 10.2 Å². The predicted octanol–water partition coefficient (Wildman–Crippen LogP) is 4.98. The van der Waals surface area contributed by atoms with E-state index in [1.807, 2.05) is 60.7 Å².